The molecule has 0 unspecified atom stereocenters. The summed E-state index contributed by atoms with van der Waals surface area (Å²) in [4.78, 5) is 11.5. The van der Waals surface area contributed by atoms with Crippen LogP contribution in [0.4, 0.5) is 4.39 Å². The molecule has 0 fully saturated rings. The number of benzene rings is 1. The molecule has 0 aliphatic carbocycles. The Hall–Kier alpha value is -1.29. The Balaban J connectivity index is 2.66. The number of carbonyl (C=O) groups excluding carboxylic acids is 1. The molecule has 88 valence electrons. The summed E-state index contributed by atoms with van der Waals surface area (Å²) in [6.07, 6.45) is 0.686. The summed E-state index contributed by atoms with van der Waals surface area (Å²) in [6.45, 7) is 0.482. The van der Waals surface area contributed by atoms with Crippen LogP contribution in [-0.2, 0) is 0 Å². The monoisotopic (exact) mass is 245 g/mol. The minimum Gasteiger partial charge on any atom is -0.494 e. The van der Waals surface area contributed by atoms with Gasteiger partial charge in [0, 0.05) is 18.0 Å². The van der Waals surface area contributed by atoms with Gasteiger partial charge in [-0.1, -0.05) is 0 Å². The van der Waals surface area contributed by atoms with Gasteiger partial charge in [-0.25, -0.2) is 4.39 Å². The standard InChI is InChI=1S/C11H13ClFNO2/c1-16-10-4-3-8(7-9(10)13)11(15)14-6-2-5-12/h3-4,7H,2,5-6H2,1H3,(H,14,15). The number of alkyl halides is 1. The number of hydrogen-bond donors (Lipinski definition) is 1. The molecule has 1 rings (SSSR count). The van der Waals surface area contributed by atoms with E-state index in [-0.39, 0.29) is 17.2 Å². The van der Waals surface area contributed by atoms with Crippen molar-refractivity contribution >= 4 is 17.5 Å². The lowest BCUT2D eigenvalue weighted by Crippen LogP contribution is -2.24. The largest absolute Gasteiger partial charge is 0.494 e. The van der Waals surface area contributed by atoms with Gasteiger partial charge in [-0.05, 0) is 24.6 Å². The van der Waals surface area contributed by atoms with E-state index in [0.717, 1.165) is 6.07 Å². The first-order valence-electron chi connectivity index (χ1n) is 4.86. The molecule has 0 atom stereocenters. The number of ether oxygens (including phenoxy) is 1. The van der Waals surface area contributed by atoms with E-state index in [1.807, 2.05) is 0 Å². The Labute approximate surface area is 98.5 Å². The molecule has 5 heteroatoms. The summed E-state index contributed by atoms with van der Waals surface area (Å²) < 4.78 is 18.0. The molecule has 0 aromatic heterocycles. The molecule has 1 N–H and O–H groups in total. The number of carbonyl (C=O) groups is 1. The SMILES string of the molecule is COc1ccc(C(=O)NCCCCl)cc1F. The number of hydrogen-bond acceptors (Lipinski definition) is 2. The van der Waals surface area contributed by atoms with E-state index < -0.39 is 5.82 Å². The van der Waals surface area contributed by atoms with E-state index in [2.05, 4.69) is 5.32 Å². The molecule has 0 aliphatic rings. The maximum atomic E-state index is 13.3. The number of methoxy groups -OCH3 is 1. The molecule has 0 aliphatic heterocycles. The van der Waals surface area contributed by atoms with Gasteiger partial charge in [0.1, 0.15) is 0 Å². The molecule has 1 aromatic rings. The molecule has 1 amide bonds. The van der Waals surface area contributed by atoms with Crippen molar-refractivity contribution in [2.24, 2.45) is 0 Å². The van der Waals surface area contributed by atoms with Gasteiger partial charge in [-0.3, -0.25) is 4.79 Å². The van der Waals surface area contributed by atoms with Gasteiger partial charge in [-0.15, -0.1) is 11.6 Å². The predicted molar refractivity (Wildman–Crippen MR) is 60.6 cm³/mol. The molecule has 0 saturated carbocycles. The minimum absolute atomic E-state index is 0.123. The fourth-order valence-electron chi connectivity index (χ4n) is 1.18. The number of nitrogens with one attached hydrogen (secondary N) is 1. The van der Waals surface area contributed by atoms with Crippen molar-refractivity contribution in [3.8, 4) is 5.75 Å². The Morgan fingerprint density at radius 2 is 2.31 bits per heavy atom. The second-order valence-electron chi connectivity index (χ2n) is 3.15. The highest BCUT2D eigenvalue weighted by atomic mass is 35.5. The van der Waals surface area contributed by atoms with Crippen LogP contribution in [0.1, 0.15) is 16.8 Å². The molecule has 0 bridgehead atoms. The van der Waals surface area contributed by atoms with E-state index in [4.69, 9.17) is 16.3 Å². The average Bonchev–Trinajstić information content (AvgIpc) is 2.29. The Kier molecular flexibility index (Phi) is 5.05. The van der Waals surface area contributed by atoms with E-state index in [9.17, 15) is 9.18 Å². The first-order valence-corrected chi connectivity index (χ1v) is 5.40. The fourth-order valence-corrected chi connectivity index (χ4v) is 1.31. The summed E-state index contributed by atoms with van der Waals surface area (Å²) in [6, 6.07) is 4.08. The average molecular weight is 246 g/mol. The molecule has 3 nitrogen and oxygen atoms in total. The van der Waals surface area contributed by atoms with Crippen LogP contribution in [0.5, 0.6) is 5.75 Å². The second-order valence-corrected chi connectivity index (χ2v) is 3.53. The minimum atomic E-state index is -0.549. The van der Waals surface area contributed by atoms with Crippen LogP contribution in [0.25, 0.3) is 0 Å². The Morgan fingerprint density at radius 1 is 1.56 bits per heavy atom. The predicted octanol–water partition coefficient (Wildman–Crippen LogP) is 2.19. The van der Waals surface area contributed by atoms with Gasteiger partial charge < -0.3 is 10.1 Å². The zero-order chi connectivity index (χ0) is 12.0. The van der Waals surface area contributed by atoms with Crippen LogP contribution >= 0.6 is 11.6 Å². The third-order valence-corrected chi connectivity index (χ3v) is 2.28. The Bertz CT molecular complexity index is 371. The third-order valence-electron chi connectivity index (χ3n) is 2.01. The van der Waals surface area contributed by atoms with Crippen molar-refractivity contribution < 1.29 is 13.9 Å². The first kappa shape index (κ1) is 12.8. The molecule has 0 saturated heterocycles. The van der Waals surface area contributed by atoms with Gasteiger partial charge in [0.05, 0.1) is 7.11 Å². The quantitative estimate of drug-likeness (QED) is 0.638. The topological polar surface area (TPSA) is 38.3 Å². The number of rotatable bonds is 5. The normalized spacial score (nSPS) is 9.94. The highest BCUT2D eigenvalue weighted by Crippen LogP contribution is 2.17. The molecule has 0 spiro atoms. The van der Waals surface area contributed by atoms with Crippen LogP contribution in [0.2, 0.25) is 0 Å². The first-order chi connectivity index (χ1) is 7.69. The lowest BCUT2D eigenvalue weighted by Gasteiger charge is -2.06. The van der Waals surface area contributed by atoms with E-state index in [1.165, 1.54) is 19.2 Å². The molecular weight excluding hydrogens is 233 g/mol. The van der Waals surface area contributed by atoms with E-state index in [1.54, 1.807) is 0 Å². The van der Waals surface area contributed by atoms with Crippen LogP contribution in [0.15, 0.2) is 18.2 Å². The van der Waals surface area contributed by atoms with Crippen molar-refractivity contribution in [2.45, 2.75) is 6.42 Å². The highest BCUT2D eigenvalue weighted by molar-refractivity contribution is 6.17. The summed E-state index contributed by atoms with van der Waals surface area (Å²) in [7, 11) is 1.37. The van der Waals surface area contributed by atoms with Crippen molar-refractivity contribution in [2.75, 3.05) is 19.5 Å². The number of amides is 1. The zero-order valence-electron chi connectivity index (χ0n) is 8.93. The fraction of sp³-hybridized carbons (Fsp3) is 0.364. The van der Waals surface area contributed by atoms with Crippen LogP contribution in [0.3, 0.4) is 0 Å². The second kappa shape index (κ2) is 6.33. The Morgan fingerprint density at radius 3 is 2.88 bits per heavy atom. The van der Waals surface area contributed by atoms with Gasteiger partial charge in [0.25, 0.3) is 5.91 Å². The summed E-state index contributed by atoms with van der Waals surface area (Å²) in [5.41, 5.74) is 0.271. The smallest absolute Gasteiger partial charge is 0.251 e. The molecular formula is C11H13ClFNO2. The number of halogens is 2. The van der Waals surface area contributed by atoms with Gasteiger partial charge >= 0.3 is 0 Å². The third kappa shape index (κ3) is 3.38. The van der Waals surface area contributed by atoms with Crippen molar-refractivity contribution in [1.82, 2.24) is 5.32 Å². The van der Waals surface area contributed by atoms with Crippen molar-refractivity contribution in [1.29, 1.82) is 0 Å². The summed E-state index contributed by atoms with van der Waals surface area (Å²) in [5, 5.41) is 2.63. The molecule has 16 heavy (non-hydrogen) atoms. The summed E-state index contributed by atoms with van der Waals surface area (Å²) >= 11 is 5.47. The van der Waals surface area contributed by atoms with Crippen LogP contribution in [0, 0.1) is 5.82 Å². The lowest BCUT2D eigenvalue weighted by atomic mass is 10.2. The molecule has 1 aromatic carbocycles. The maximum Gasteiger partial charge on any atom is 0.251 e. The maximum absolute atomic E-state index is 13.3. The van der Waals surface area contributed by atoms with Gasteiger partial charge in [0.2, 0.25) is 0 Å². The molecule has 0 radical (unpaired) electrons. The van der Waals surface area contributed by atoms with Crippen LogP contribution in [-0.4, -0.2) is 25.4 Å². The van der Waals surface area contributed by atoms with E-state index >= 15 is 0 Å². The zero-order valence-corrected chi connectivity index (χ0v) is 9.68. The van der Waals surface area contributed by atoms with Crippen molar-refractivity contribution in [3.63, 3.8) is 0 Å². The molecule has 0 heterocycles. The van der Waals surface area contributed by atoms with Gasteiger partial charge in [-0.2, -0.15) is 0 Å². The van der Waals surface area contributed by atoms with Crippen molar-refractivity contribution in [3.05, 3.63) is 29.6 Å². The van der Waals surface area contributed by atoms with Crippen LogP contribution < -0.4 is 10.1 Å². The summed E-state index contributed by atoms with van der Waals surface area (Å²) in [5.74, 6) is -0.256. The lowest BCUT2D eigenvalue weighted by molar-refractivity contribution is 0.0953. The van der Waals surface area contributed by atoms with Gasteiger partial charge in [0.15, 0.2) is 11.6 Å². The highest BCUT2D eigenvalue weighted by Gasteiger charge is 2.09. The van der Waals surface area contributed by atoms with E-state index in [0.29, 0.717) is 18.8 Å².